The van der Waals surface area contributed by atoms with Crippen molar-refractivity contribution in [3.05, 3.63) is 28.2 Å². The summed E-state index contributed by atoms with van der Waals surface area (Å²) in [5.41, 5.74) is 12.3. The molecule has 1 aromatic rings. The van der Waals surface area contributed by atoms with E-state index in [0.29, 0.717) is 6.54 Å². The molecule has 0 radical (unpaired) electrons. The van der Waals surface area contributed by atoms with Gasteiger partial charge in [-0.2, -0.15) is 0 Å². The molecule has 0 saturated heterocycles. The average Bonchev–Trinajstić information content (AvgIpc) is 2.18. The Bertz CT molecular complexity index is 304. The summed E-state index contributed by atoms with van der Waals surface area (Å²) in [6.07, 6.45) is 1.72. The molecule has 0 aliphatic rings. The van der Waals surface area contributed by atoms with Crippen molar-refractivity contribution in [2.45, 2.75) is 18.9 Å². The zero-order valence-electron chi connectivity index (χ0n) is 7.91. The zero-order chi connectivity index (χ0) is 10.6. The first-order valence-corrected chi connectivity index (χ1v) is 5.38. The van der Waals surface area contributed by atoms with Gasteiger partial charge in [0.2, 0.25) is 0 Å². The van der Waals surface area contributed by atoms with Crippen LogP contribution in [0.1, 0.15) is 24.4 Å². The topological polar surface area (TPSA) is 72.3 Å². The summed E-state index contributed by atoms with van der Waals surface area (Å²) in [7, 11) is 0. The van der Waals surface area contributed by atoms with Gasteiger partial charge in [0.1, 0.15) is 5.75 Å². The maximum absolute atomic E-state index is 9.31. The van der Waals surface area contributed by atoms with Crippen molar-refractivity contribution in [1.82, 2.24) is 0 Å². The Labute approximate surface area is 92.2 Å². The van der Waals surface area contributed by atoms with Crippen LogP contribution in [0, 0.1) is 0 Å². The fourth-order valence-corrected chi connectivity index (χ4v) is 1.85. The van der Waals surface area contributed by atoms with E-state index >= 15 is 0 Å². The van der Waals surface area contributed by atoms with Gasteiger partial charge in [-0.3, -0.25) is 0 Å². The minimum absolute atomic E-state index is 0.0694. The van der Waals surface area contributed by atoms with Crippen molar-refractivity contribution in [2.75, 3.05) is 6.54 Å². The van der Waals surface area contributed by atoms with Gasteiger partial charge in [0.25, 0.3) is 0 Å². The Kier molecular flexibility index (Phi) is 4.38. The van der Waals surface area contributed by atoms with Crippen LogP contribution in [0.25, 0.3) is 0 Å². The van der Waals surface area contributed by atoms with Gasteiger partial charge in [-0.05, 0) is 43.1 Å². The molecule has 0 aliphatic heterocycles. The molecule has 0 aliphatic carbocycles. The van der Waals surface area contributed by atoms with Crippen LogP contribution < -0.4 is 11.5 Å². The maximum Gasteiger partial charge on any atom is 0.115 e. The Hall–Kier alpha value is -0.580. The van der Waals surface area contributed by atoms with E-state index in [1.165, 1.54) is 0 Å². The minimum atomic E-state index is -0.0694. The highest BCUT2D eigenvalue weighted by molar-refractivity contribution is 9.10. The molecule has 0 unspecified atom stereocenters. The third-order valence-corrected chi connectivity index (χ3v) is 2.82. The van der Waals surface area contributed by atoms with E-state index in [1.807, 2.05) is 0 Å². The molecule has 1 rings (SSSR count). The quantitative estimate of drug-likeness (QED) is 0.773. The van der Waals surface area contributed by atoms with Crippen molar-refractivity contribution in [3.63, 3.8) is 0 Å². The van der Waals surface area contributed by atoms with Gasteiger partial charge < -0.3 is 16.6 Å². The molecule has 0 amide bonds. The predicted octanol–water partition coefficient (Wildman–Crippen LogP) is 1.89. The van der Waals surface area contributed by atoms with E-state index in [0.717, 1.165) is 22.9 Å². The van der Waals surface area contributed by atoms with Crippen LogP contribution in [-0.2, 0) is 0 Å². The lowest BCUT2D eigenvalue weighted by Gasteiger charge is -2.13. The lowest BCUT2D eigenvalue weighted by Crippen LogP contribution is -2.13. The summed E-state index contributed by atoms with van der Waals surface area (Å²) >= 11 is 3.40. The summed E-state index contributed by atoms with van der Waals surface area (Å²) in [6, 6.07) is 5.04. The van der Waals surface area contributed by atoms with E-state index in [-0.39, 0.29) is 11.8 Å². The van der Waals surface area contributed by atoms with Crippen LogP contribution >= 0.6 is 15.9 Å². The molecule has 3 nitrogen and oxygen atoms in total. The van der Waals surface area contributed by atoms with Crippen molar-refractivity contribution in [2.24, 2.45) is 11.5 Å². The molecule has 0 aromatic heterocycles. The number of benzene rings is 1. The van der Waals surface area contributed by atoms with E-state index < -0.39 is 0 Å². The average molecular weight is 259 g/mol. The van der Waals surface area contributed by atoms with Gasteiger partial charge in [0, 0.05) is 10.5 Å². The highest BCUT2D eigenvalue weighted by atomic mass is 79.9. The van der Waals surface area contributed by atoms with Gasteiger partial charge in [0.05, 0.1) is 0 Å². The van der Waals surface area contributed by atoms with Crippen LogP contribution in [-0.4, -0.2) is 11.7 Å². The van der Waals surface area contributed by atoms with Crippen molar-refractivity contribution in [1.29, 1.82) is 0 Å². The summed E-state index contributed by atoms with van der Waals surface area (Å²) in [4.78, 5) is 0. The molecule has 1 atom stereocenters. The van der Waals surface area contributed by atoms with E-state index in [2.05, 4.69) is 15.9 Å². The Morgan fingerprint density at radius 3 is 2.79 bits per heavy atom. The predicted molar refractivity (Wildman–Crippen MR) is 61.0 cm³/mol. The van der Waals surface area contributed by atoms with Crippen molar-refractivity contribution in [3.8, 4) is 5.75 Å². The fraction of sp³-hybridized carbons (Fsp3) is 0.400. The minimum Gasteiger partial charge on any atom is -0.508 e. The number of rotatable bonds is 4. The second kappa shape index (κ2) is 5.34. The van der Waals surface area contributed by atoms with E-state index in [4.69, 9.17) is 11.5 Å². The molecular weight excluding hydrogens is 244 g/mol. The highest BCUT2D eigenvalue weighted by Crippen LogP contribution is 2.28. The number of hydrogen-bond donors (Lipinski definition) is 3. The molecule has 1 aromatic carbocycles. The number of phenolic OH excluding ortho intramolecular Hbond substituents is 1. The van der Waals surface area contributed by atoms with E-state index in [1.54, 1.807) is 18.2 Å². The normalized spacial score (nSPS) is 12.8. The lowest BCUT2D eigenvalue weighted by atomic mass is 10.0. The molecule has 14 heavy (non-hydrogen) atoms. The zero-order valence-corrected chi connectivity index (χ0v) is 9.50. The van der Waals surface area contributed by atoms with Crippen LogP contribution in [0.5, 0.6) is 5.75 Å². The van der Waals surface area contributed by atoms with Crippen LogP contribution in [0.2, 0.25) is 0 Å². The lowest BCUT2D eigenvalue weighted by molar-refractivity contribution is 0.472. The molecular formula is C10H15BrN2O. The van der Waals surface area contributed by atoms with Crippen molar-refractivity contribution >= 4 is 15.9 Å². The second-order valence-corrected chi connectivity index (χ2v) is 4.10. The number of nitrogens with two attached hydrogens (primary N) is 2. The second-order valence-electron chi connectivity index (χ2n) is 3.24. The van der Waals surface area contributed by atoms with Crippen molar-refractivity contribution < 1.29 is 5.11 Å². The smallest absolute Gasteiger partial charge is 0.115 e. The highest BCUT2D eigenvalue weighted by Gasteiger charge is 2.09. The third-order valence-electron chi connectivity index (χ3n) is 2.10. The molecule has 0 saturated carbocycles. The standard InChI is InChI=1S/C10H15BrN2O/c11-9-4-3-7(14)6-8(9)10(13)2-1-5-12/h3-4,6,10,14H,1-2,5,12-13H2/t10-/m1/s1. The monoisotopic (exact) mass is 258 g/mol. The summed E-state index contributed by atoms with van der Waals surface area (Å²) in [5.74, 6) is 0.242. The summed E-state index contributed by atoms with van der Waals surface area (Å²) in [5, 5.41) is 9.31. The molecule has 4 heteroatoms. The molecule has 78 valence electrons. The van der Waals surface area contributed by atoms with Gasteiger partial charge in [0.15, 0.2) is 0 Å². The van der Waals surface area contributed by atoms with Gasteiger partial charge >= 0.3 is 0 Å². The van der Waals surface area contributed by atoms with Gasteiger partial charge in [-0.1, -0.05) is 15.9 Å². The van der Waals surface area contributed by atoms with Crippen LogP contribution in [0.15, 0.2) is 22.7 Å². The first kappa shape index (κ1) is 11.5. The SMILES string of the molecule is NCCC[C@@H](N)c1cc(O)ccc1Br. The van der Waals surface area contributed by atoms with Crippen LogP contribution in [0.3, 0.4) is 0 Å². The Balaban J connectivity index is 2.77. The largest absolute Gasteiger partial charge is 0.508 e. The molecule has 0 fully saturated rings. The number of aromatic hydroxyl groups is 1. The molecule has 0 spiro atoms. The Morgan fingerprint density at radius 2 is 2.14 bits per heavy atom. The number of hydrogen-bond acceptors (Lipinski definition) is 3. The number of phenols is 1. The Morgan fingerprint density at radius 1 is 1.43 bits per heavy atom. The van der Waals surface area contributed by atoms with Gasteiger partial charge in [-0.15, -0.1) is 0 Å². The van der Waals surface area contributed by atoms with Crippen LogP contribution in [0.4, 0.5) is 0 Å². The maximum atomic E-state index is 9.31. The van der Waals surface area contributed by atoms with Gasteiger partial charge in [-0.25, -0.2) is 0 Å². The summed E-state index contributed by atoms with van der Waals surface area (Å²) in [6.45, 7) is 0.643. The van der Waals surface area contributed by atoms with E-state index in [9.17, 15) is 5.11 Å². The molecule has 5 N–H and O–H groups in total. The fourth-order valence-electron chi connectivity index (χ4n) is 1.31. The summed E-state index contributed by atoms with van der Waals surface area (Å²) < 4.78 is 0.930. The first-order valence-electron chi connectivity index (χ1n) is 4.59. The molecule has 0 heterocycles. The third kappa shape index (κ3) is 2.97. The number of halogens is 1. The first-order chi connectivity index (χ1) is 6.65. The molecule has 0 bridgehead atoms.